The van der Waals surface area contributed by atoms with Crippen molar-refractivity contribution in [1.82, 2.24) is 5.32 Å². The molecule has 2 N–H and O–H groups in total. The van der Waals surface area contributed by atoms with Crippen LogP contribution in [0.3, 0.4) is 0 Å². The summed E-state index contributed by atoms with van der Waals surface area (Å²) in [5.41, 5.74) is 3.68. The summed E-state index contributed by atoms with van der Waals surface area (Å²) in [6, 6.07) is 12.8. The molecule has 3 rings (SSSR count). The molecule has 1 aliphatic heterocycles. The molecule has 0 saturated carbocycles. The minimum Gasteiger partial charge on any atom is -0.497 e. The summed E-state index contributed by atoms with van der Waals surface area (Å²) >= 11 is 0. The molecular formula is C21H22N2O3. The number of methoxy groups -OCH3 is 1. The molecule has 0 fully saturated rings. The highest BCUT2D eigenvalue weighted by atomic mass is 16.5. The second-order valence-corrected chi connectivity index (χ2v) is 6.85. The summed E-state index contributed by atoms with van der Waals surface area (Å²) in [6.07, 6.45) is 1.60. The normalized spacial score (nSPS) is 15.9. The van der Waals surface area contributed by atoms with E-state index in [-0.39, 0.29) is 17.2 Å². The number of nitrogens with one attached hydrogen (secondary N) is 2. The first-order valence-corrected chi connectivity index (χ1v) is 8.41. The van der Waals surface area contributed by atoms with Gasteiger partial charge in [0.25, 0.3) is 0 Å². The number of ether oxygens (including phenoxy) is 1. The first-order chi connectivity index (χ1) is 12.3. The summed E-state index contributed by atoms with van der Waals surface area (Å²) < 4.78 is 5.32. The van der Waals surface area contributed by atoms with Gasteiger partial charge in [-0.25, -0.2) is 0 Å². The molecule has 2 aromatic carbocycles. The SMILES string of the molecule is COc1ccc2c(c1)/C(=C/C(=O)c1cccc(NC(C)=O)c1)NC2(C)C. The van der Waals surface area contributed by atoms with Gasteiger partial charge in [0.05, 0.1) is 12.6 Å². The molecule has 0 radical (unpaired) electrons. The van der Waals surface area contributed by atoms with E-state index in [9.17, 15) is 9.59 Å². The number of hydrogen-bond acceptors (Lipinski definition) is 4. The lowest BCUT2D eigenvalue weighted by Crippen LogP contribution is -2.28. The molecule has 0 atom stereocenters. The molecule has 0 saturated heterocycles. The highest BCUT2D eigenvalue weighted by molar-refractivity contribution is 6.09. The molecule has 0 aliphatic carbocycles. The Morgan fingerprint density at radius 3 is 2.62 bits per heavy atom. The number of fused-ring (bicyclic) bond motifs is 1. The second kappa shape index (κ2) is 6.67. The third-order valence-electron chi connectivity index (χ3n) is 4.38. The predicted octanol–water partition coefficient (Wildman–Crippen LogP) is 3.72. The molecule has 1 aliphatic rings. The van der Waals surface area contributed by atoms with E-state index in [0.29, 0.717) is 11.3 Å². The Hall–Kier alpha value is -3.08. The fourth-order valence-corrected chi connectivity index (χ4v) is 3.17. The van der Waals surface area contributed by atoms with Crippen LogP contribution in [-0.2, 0) is 10.3 Å². The van der Waals surface area contributed by atoms with Crippen molar-refractivity contribution in [3.63, 3.8) is 0 Å². The van der Waals surface area contributed by atoms with Crippen LogP contribution in [0.4, 0.5) is 5.69 Å². The average molecular weight is 350 g/mol. The van der Waals surface area contributed by atoms with Gasteiger partial charge in [0.15, 0.2) is 5.78 Å². The van der Waals surface area contributed by atoms with Gasteiger partial charge in [-0.2, -0.15) is 0 Å². The Bertz CT molecular complexity index is 913. The second-order valence-electron chi connectivity index (χ2n) is 6.85. The molecule has 0 unspecified atom stereocenters. The van der Waals surface area contributed by atoms with E-state index in [1.807, 2.05) is 18.2 Å². The van der Waals surface area contributed by atoms with Gasteiger partial charge in [-0.15, -0.1) is 0 Å². The Kier molecular flexibility index (Phi) is 4.55. The first kappa shape index (κ1) is 17.7. The van der Waals surface area contributed by atoms with Gasteiger partial charge < -0.3 is 15.4 Å². The highest BCUT2D eigenvalue weighted by Gasteiger charge is 2.33. The van der Waals surface area contributed by atoms with Gasteiger partial charge in [-0.05, 0) is 43.7 Å². The molecule has 0 aromatic heterocycles. The number of rotatable bonds is 4. The smallest absolute Gasteiger partial charge is 0.221 e. The maximum Gasteiger partial charge on any atom is 0.221 e. The Labute approximate surface area is 153 Å². The van der Waals surface area contributed by atoms with Crippen LogP contribution in [0.15, 0.2) is 48.5 Å². The Balaban J connectivity index is 1.96. The van der Waals surface area contributed by atoms with E-state index < -0.39 is 0 Å². The zero-order valence-electron chi connectivity index (χ0n) is 15.3. The van der Waals surface area contributed by atoms with Gasteiger partial charge in [-0.1, -0.05) is 18.2 Å². The van der Waals surface area contributed by atoms with Crippen LogP contribution < -0.4 is 15.4 Å². The zero-order chi connectivity index (χ0) is 18.9. The van der Waals surface area contributed by atoms with Crippen molar-refractivity contribution in [2.24, 2.45) is 0 Å². The lowest BCUT2D eigenvalue weighted by atomic mass is 9.94. The number of amides is 1. The largest absolute Gasteiger partial charge is 0.497 e. The van der Waals surface area contributed by atoms with Crippen molar-refractivity contribution >= 4 is 23.1 Å². The summed E-state index contributed by atoms with van der Waals surface area (Å²) in [5, 5.41) is 6.10. The molecule has 0 spiro atoms. The van der Waals surface area contributed by atoms with Crippen molar-refractivity contribution in [3.8, 4) is 5.75 Å². The van der Waals surface area contributed by atoms with E-state index in [2.05, 4.69) is 24.5 Å². The quantitative estimate of drug-likeness (QED) is 0.651. The predicted molar refractivity (Wildman–Crippen MR) is 102 cm³/mol. The lowest BCUT2D eigenvalue weighted by Gasteiger charge is -2.20. The van der Waals surface area contributed by atoms with Crippen LogP contribution in [0.1, 0.15) is 42.3 Å². The minimum atomic E-state index is -0.272. The van der Waals surface area contributed by atoms with Gasteiger partial charge in [-0.3, -0.25) is 9.59 Å². The number of carbonyl (C=O) groups is 2. The van der Waals surface area contributed by atoms with E-state index in [0.717, 1.165) is 22.6 Å². The maximum absolute atomic E-state index is 12.8. The van der Waals surface area contributed by atoms with Crippen LogP contribution >= 0.6 is 0 Å². The fourth-order valence-electron chi connectivity index (χ4n) is 3.17. The molecule has 1 heterocycles. The van der Waals surface area contributed by atoms with Crippen LogP contribution in [-0.4, -0.2) is 18.8 Å². The zero-order valence-corrected chi connectivity index (χ0v) is 15.3. The Morgan fingerprint density at radius 2 is 1.92 bits per heavy atom. The molecule has 2 aromatic rings. The molecule has 5 heteroatoms. The minimum absolute atomic E-state index is 0.133. The van der Waals surface area contributed by atoms with Gasteiger partial charge in [0.2, 0.25) is 5.91 Å². The summed E-state index contributed by atoms with van der Waals surface area (Å²) in [5.74, 6) is 0.439. The van der Waals surface area contributed by atoms with Crippen molar-refractivity contribution < 1.29 is 14.3 Å². The lowest BCUT2D eigenvalue weighted by molar-refractivity contribution is -0.114. The highest BCUT2D eigenvalue weighted by Crippen LogP contribution is 2.38. The number of anilines is 1. The third kappa shape index (κ3) is 3.47. The molecular weight excluding hydrogens is 328 g/mol. The van der Waals surface area contributed by atoms with Gasteiger partial charge in [0, 0.05) is 35.5 Å². The third-order valence-corrected chi connectivity index (χ3v) is 4.38. The molecule has 0 bridgehead atoms. The van der Waals surface area contributed by atoms with Crippen LogP contribution in [0.5, 0.6) is 5.75 Å². The topological polar surface area (TPSA) is 67.4 Å². The molecule has 1 amide bonds. The van der Waals surface area contributed by atoms with E-state index in [1.165, 1.54) is 6.92 Å². The average Bonchev–Trinajstić information content (AvgIpc) is 2.84. The first-order valence-electron chi connectivity index (χ1n) is 8.41. The maximum atomic E-state index is 12.8. The van der Waals surface area contributed by atoms with Crippen molar-refractivity contribution in [1.29, 1.82) is 0 Å². The molecule has 134 valence electrons. The van der Waals surface area contributed by atoms with Crippen LogP contribution in [0.2, 0.25) is 0 Å². The van der Waals surface area contributed by atoms with Crippen molar-refractivity contribution in [2.45, 2.75) is 26.3 Å². The van der Waals surface area contributed by atoms with E-state index in [4.69, 9.17) is 4.74 Å². The fraction of sp³-hybridized carbons (Fsp3) is 0.238. The summed E-state index contributed by atoms with van der Waals surface area (Å²) in [4.78, 5) is 24.0. The van der Waals surface area contributed by atoms with Gasteiger partial charge >= 0.3 is 0 Å². The number of carbonyl (C=O) groups excluding carboxylic acids is 2. The number of benzene rings is 2. The monoisotopic (exact) mass is 350 g/mol. The standard InChI is InChI=1S/C21H22N2O3/c1-13(24)22-15-7-5-6-14(10-15)20(25)12-19-17-11-16(26-4)8-9-18(17)21(2,3)23-19/h5-12,23H,1-4H3,(H,22,24)/b19-12-. The number of ketones is 1. The molecule has 26 heavy (non-hydrogen) atoms. The van der Waals surface area contributed by atoms with Crippen LogP contribution in [0, 0.1) is 0 Å². The summed E-state index contributed by atoms with van der Waals surface area (Å²) in [6.45, 7) is 5.58. The summed E-state index contributed by atoms with van der Waals surface area (Å²) in [7, 11) is 1.62. The number of hydrogen-bond donors (Lipinski definition) is 2. The van der Waals surface area contributed by atoms with E-state index in [1.54, 1.807) is 37.5 Å². The number of allylic oxidation sites excluding steroid dienone is 1. The molecule has 5 nitrogen and oxygen atoms in total. The Morgan fingerprint density at radius 1 is 1.15 bits per heavy atom. The van der Waals surface area contributed by atoms with Crippen molar-refractivity contribution in [2.75, 3.05) is 12.4 Å². The van der Waals surface area contributed by atoms with E-state index >= 15 is 0 Å². The van der Waals surface area contributed by atoms with Crippen LogP contribution in [0.25, 0.3) is 5.70 Å². The van der Waals surface area contributed by atoms with Gasteiger partial charge in [0.1, 0.15) is 5.75 Å². The van der Waals surface area contributed by atoms with Crippen molar-refractivity contribution in [3.05, 3.63) is 65.2 Å².